The first-order chi connectivity index (χ1) is 17.3. The van der Waals surface area contributed by atoms with E-state index in [4.69, 9.17) is 0 Å². The summed E-state index contributed by atoms with van der Waals surface area (Å²) in [5, 5.41) is 8.74. The van der Waals surface area contributed by atoms with E-state index in [1.54, 1.807) is 0 Å². The molecule has 4 aromatic rings. The van der Waals surface area contributed by atoms with Crippen molar-refractivity contribution < 1.29 is 14.4 Å². The molecule has 180 valence electrons. The second kappa shape index (κ2) is 10.7. The molecule has 6 heteroatoms. The molecule has 4 aromatic carbocycles. The monoisotopic (exact) mass is 477 g/mol. The minimum Gasteiger partial charge on any atom is -0.326 e. The van der Waals surface area contributed by atoms with E-state index in [2.05, 4.69) is 16.0 Å². The third-order valence-corrected chi connectivity index (χ3v) is 5.58. The van der Waals surface area contributed by atoms with Crippen molar-refractivity contribution in [3.8, 4) is 33.4 Å². The van der Waals surface area contributed by atoms with Crippen molar-refractivity contribution in [2.75, 3.05) is 16.0 Å². The maximum atomic E-state index is 11.9. The van der Waals surface area contributed by atoms with E-state index in [9.17, 15) is 14.4 Å². The predicted octanol–water partition coefficient (Wildman–Crippen LogP) is 6.56. The van der Waals surface area contributed by atoms with Crippen LogP contribution in [-0.4, -0.2) is 17.7 Å². The van der Waals surface area contributed by atoms with Crippen molar-refractivity contribution in [2.24, 2.45) is 0 Å². The van der Waals surface area contributed by atoms with Gasteiger partial charge in [0.05, 0.1) is 0 Å². The van der Waals surface area contributed by atoms with Crippen molar-refractivity contribution in [1.82, 2.24) is 0 Å². The number of benzene rings is 4. The van der Waals surface area contributed by atoms with Gasteiger partial charge in [0.15, 0.2) is 0 Å². The molecule has 0 fully saturated rings. The first-order valence-corrected chi connectivity index (χ1v) is 11.6. The molecule has 0 aliphatic carbocycles. The number of para-hydroxylation sites is 3. The number of carbonyl (C=O) groups is 3. The van der Waals surface area contributed by atoms with Gasteiger partial charge in [-0.3, -0.25) is 14.4 Å². The van der Waals surface area contributed by atoms with E-state index in [1.165, 1.54) is 20.8 Å². The molecular formula is C30H27N3O3. The molecule has 0 saturated heterocycles. The molecule has 0 saturated carbocycles. The summed E-state index contributed by atoms with van der Waals surface area (Å²) in [6, 6.07) is 28.9. The highest BCUT2D eigenvalue weighted by Crippen LogP contribution is 2.39. The van der Waals surface area contributed by atoms with Gasteiger partial charge in [0.2, 0.25) is 17.7 Å². The highest BCUT2D eigenvalue weighted by molar-refractivity contribution is 5.99. The molecule has 0 aliphatic rings. The number of carbonyl (C=O) groups excluding carboxylic acids is 3. The van der Waals surface area contributed by atoms with Crippen molar-refractivity contribution in [1.29, 1.82) is 0 Å². The Balaban J connectivity index is 1.98. The molecule has 0 spiro atoms. The third-order valence-electron chi connectivity index (χ3n) is 5.58. The van der Waals surface area contributed by atoms with Crippen LogP contribution in [0.3, 0.4) is 0 Å². The van der Waals surface area contributed by atoms with Crippen LogP contribution in [0.4, 0.5) is 17.1 Å². The number of anilines is 3. The normalized spacial score (nSPS) is 10.4. The van der Waals surface area contributed by atoms with Gasteiger partial charge in [-0.05, 0) is 53.1 Å². The van der Waals surface area contributed by atoms with E-state index in [0.717, 1.165) is 33.4 Å². The van der Waals surface area contributed by atoms with Crippen molar-refractivity contribution in [2.45, 2.75) is 20.8 Å². The smallest absolute Gasteiger partial charge is 0.221 e. The minimum absolute atomic E-state index is 0.161. The average Bonchev–Trinajstić information content (AvgIpc) is 2.84. The first kappa shape index (κ1) is 24.4. The largest absolute Gasteiger partial charge is 0.326 e. The topological polar surface area (TPSA) is 87.3 Å². The molecule has 0 heterocycles. The number of hydrogen-bond acceptors (Lipinski definition) is 3. The Labute approximate surface area is 210 Å². The van der Waals surface area contributed by atoms with Crippen LogP contribution in [0.25, 0.3) is 33.4 Å². The van der Waals surface area contributed by atoms with Crippen LogP contribution in [0.1, 0.15) is 20.8 Å². The molecule has 0 atom stereocenters. The van der Waals surface area contributed by atoms with Crippen molar-refractivity contribution in [3.63, 3.8) is 0 Å². The Bertz CT molecular complexity index is 1270. The van der Waals surface area contributed by atoms with Gasteiger partial charge in [0, 0.05) is 54.5 Å². The van der Waals surface area contributed by atoms with Crippen LogP contribution >= 0.6 is 0 Å². The van der Waals surface area contributed by atoms with Gasteiger partial charge in [-0.2, -0.15) is 0 Å². The summed E-state index contributed by atoms with van der Waals surface area (Å²) < 4.78 is 0. The second-order valence-electron chi connectivity index (χ2n) is 8.48. The second-order valence-corrected chi connectivity index (χ2v) is 8.48. The lowest BCUT2D eigenvalue weighted by atomic mass is 9.91. The fourth-order valence-electron chi connectivity index (χ4n) is 4.19. The summed E-state index contributed by atoms with van der Waals surface area (Å²) in [6.07, 6.45) is 0. The van der Waals surface area contributed by atoms with Crippen molar-refractivity contribution in [3.05, 3.63) is 91.0 Å². The molecular weight excluding hydrogens is 450 g/mol. The Morgan fingerprint density at radius 2 is 0.694 bits per heavy atom. The molecule has 4 rings (SSSR count). The summed E-state index contributed by atoms with van der Waals surface area (Å²) in [5.74, 6) is -0.484. The van der Waals surface area contributed by atoms with Gasteiger partial charge in [0.1, 0.15) is 0 Å². The molecule has 0 radical (unpaired) electrons. The lowest BCUT2D eigenvalue weighted by molar-refractivity contribution is -0.115. The molecule has 0 aliphatic heterocycles. The van der Waals surface area contributed by atoms with Crippen LogP contribution < -0.4 is 16.0 Å². The number of hydrogen-bond donors (Lipinski definition) is 3. The van der Waals surface area contributed by atoms with Gasteiger partial charge in [-0.1, -0.05) is 54.6 Å². The number of rotatable bonds is 6. The van der Waals surface area contributed by atoms with Crippen LogP contribution in [0.15, 0.2) is 91.0 Å². The zero-order valence-electron chi connectivity index (χ0n) is 20.4. The Hall–Kier alpha value is -4.71. The lowest BCUT2D eigenvalue weighted by Crippen LogP contribution is -2.08. The number of amides is 3. The van der Waals surface area contributed by atoms with E-state index < -0.39 is 0 Å². The Morgan fingerprint density at radius 3 is 0.944 bits per heavy atom. The molecule has 3 amide bonds. The standard InChI is InChI=1S/C30H27N3O3/c1-19(34)31-28-13-7-4-10-25(28)22-16-23(26-11-5-8-14-29(26)32-20(2)35)18-24(17-22)27-12-6-9-15-30(27)33-21(3)36/h4-18H,1-3H3,(H,31,34)(H,32,35)(H,33,36). The molecule has 0 unspecified atom stereocenters. The summed E-state index contributed by atoms with van der Waals surface area (Å²) in [6.45, 7) is 4.43. The lowest BCUT2D eigenvalue weighted by Gasteiger charge is -2.17. The molecule has 36 heavy (non-hydrogen) atoms. The SMILES string of the molecule is CC(=O)Nc1ccccc1-c1cc(-c2ccccc2NC(C)=O)cc(-c2ccccc2NC(C)=O)c1. The molecule has 3 N–H and O–H groups in total. The zero-order valence-corrected chi connectivity index (χ0v) is 20.4. The highest BCUT2D eigenvalue weighted by atomic mass is 16.2. The van der Waals surface area contributed by atoms with Crippen LogP contribution in [0.5, 0.6) is 0 Å². The van der Waals surface area contributed by atoms with E-state index in [1.807, 2.05) is 91.0 Å². The van der Waals surface area contributed by atoms with Crippen LogP contribution in [-0.2, 0) is 14.4 Å². The van der Waals surface area contributed by atoms with Gasteiger partial charge in [-0.15, -0.1) is 0 Å². The van der Waals surface area contributed by atoms with E-state index in [-0.39, 0.29) is 17.7 Å². The molecule has 0 aromatic heterocycles. The quantitative estimate of drug-likeness (QED) is 0.294. The predicted molar refractivity (Wildman–Crippen MR) is 146 cm³/mol. The summed E-state index contributed by atoms with van der Waals surface area (Å²) >= 11 is 0. The Morgan fingerprint density at radius 1 is 0.444 bits per heavy atom. The molecule has 0 bridgehead atoms. The van der Waals surface area contributed by atoms with Gasteiger partial charge >= 0.3 is 0 Å². The maximum absolute atomic E-state index is 11.9. The third kappa shape index (κ3) is 5.67. The average molecular weight is 478 g/mol. The van der Waals surface area contributed by atoms with Crippen LogP contribution in [0, 0.1) is 0 Å². The maximum Gasteiger partial charge on any atom is 0.221 e. The van der Waals surface area contributed by atoms with E-state index in [0.29, 0.717) is 17.1 Å². The van der Waals surface area contributed by atoms with E-state index >= 15 is 0 Å². The zero-order chi connectivity index (χ0) is 25.7. The number of nitrogens with one attached hydrogen (secondary N) is 3. The van der Waals surface area contributed by atoms with Gasteiger partial charge in [0.25, 0.3) is 0 Å². The fraction of sp³-hybridized carbons (Fsp3) is 0.100. The summed E-state index contributed by atoms with van der Waals surface area (Å²) in [4.78, 5) is 35.6. The van der Waals surface area contributed by atoms with Crippen LogP contribution in [0.2, 0.25) is 0 Å². The minimum atomic E-state index is -0.161. The first-order valence-electron chi connectivity index (χ1n) is 11.6. The fourth-order valence-corrected chi connectivity index (χ4v) is 4.19. The Kier molecular flexibility index (Phi) is 7.25. The van der Waals surface area contributed by atoms with Gasteiger partial charge in [-0.25, -0.2) is 0 Å². The summed E-state index contributed by atoms with van der Waals surface area (Å²) in [5.41, 5.74) is 7.26. The molecule has 6 nitrogen and oxygen atoms in total. The summed E-state index contributed by atoms with van der Waals surface area (Å²) in [7, 11) is 0. The van der Waals surface area contributed by atoms with Crippen molar-refractivity contribution >= 4 is 34.8 Å². The van der Waals surface area contributed by atoms with Gasteiger partial charge < -0.3 is 16.0 Å². The highest BCUT2D eigenvalue weighted by Gasteiger charge is 2.15.